The fraction of sp³-hybridized carbons (Fsp3) is 0.500. The molecular weight excluding hydrogens is 280 g/mol. The van der Waals surface area contributed by atoms with Crippen molar-refractivity contribution in [3.8, 4) is 0 Å². The summed E-state index contributed by atoms with van der Waals surface area (Å²) in [4.78, 5) is 25.6. The minimum Gasteiger partial charge on any atom is -0.352 e. The molecule has 0 aromatic heterocycles. The first-order chi connectivity index (χ1) is 10.5. The van der Waals surface area contributed by atoms with Crippen LogP contribution in [0.5, 0.6) is 0 Å². The van der Waals surface area contributed by atoms with Crippen LogP contribution in [0, 0.1) is 6.92 Å². The topological polar surface area (TPSA) is 87.5 Å². The maximum atomic E-state index is 12.5. The van der Waals surface area contributed by atoms with Gasteiger partial charge in [0.25, 0.3) is 0 Å². The number of hydrogen-bond donors (Lipinski definition) is 3. The molecule has 1 saturated heterocycles. The molecule has 0 spiro atoms. The fourth-order valence-electron chi connectivity index (χ4n) is 2.85. The summed E-state index contributed by atoms with van der Waals surface area (Å²) >= 11 is 0. The fourth-order valence-corrected chi connectivity index (χ4v) is 2.85. The molecule has 1 fully saturated rings. The van der Waals surface area contributed by atoms with Gasteiger partial charge in [0.15, 0.2) is 0 Å². The van der Waals surface area contributed by atoms with Crippen LogP contribution >= 0.6 is 0 Å². The molecule has 1 aromatic rings. The van der Waals surface area contributed by atoms with Crippen LogP contribution in [0.3, 0.4) is 0 Å². The van der Waals surface area contributed by atoms with Crippen LogP contribution in [0.25, 0.3) is 0 Å². The van der Waals surface area contributed by atoms with E-state index in [1.807, 2.05) is 36.1 Å². The van der Waals surface area contributed by atoms with Gasteiger partial charge in [0.1, 0.15) is 0 Å². The van der Waals surface area contributed by atoms with E-state index in [-0.39, 0.29) is 12.3 Å². The predicted octanol–water partition coefficient (Wildman–Crippen LogP) is 0.915. The summed E-state index contributed by atoms with van der Waals surface area (Å²) in [6.45, 7) is 6.20. The number of amides is 3. The van der Waals surface area contributed by atoms with Crippen molar-refractivity contribution >= 4 is 11.9 Å². The first-order valence-electron chi connectivity index (χ1n) is 7.60. The van der Waals surface area contributed by atoms with E-state index < -0.39 is 12.1 Å². The van der Waals surface area contributed by atoms with E-state index in [9.17, 15) is 9.59 Å². The number of carbonyl (C=O) groups is 2. The summed E-state index contributed by atoms with van der Waals surface area (Å²) < 4.78 is 0. The molecule has 6 heteroatoms. The van der Waals surface area contributed by atoms with Gasteiger partial charge >= 0.3 is 6.03 Å². The number of nitrogens with two attached hydrogens (primary N) is 1. The van der Waals surface area contributed by atoms with Gasteiger partial charge in [-0.15, -0.1) is 0 Å². The molecule has 1 aromatic carbocycles. The molecule has 2 rings (SSSR count). The Kier molecular flexibility index (Phi) is 5.38. The normalized spacial score (nSPS) is 19.5. The lowest BCUT2D eigenvalue weighted by atomic mass is 9.98. The Labute approximate surface area is 131 Å². The number of aryl methyl sites for hydroxylation is 1. The molecule has 22 heavy (non-hydrogen) atoms. The number of carbonyl (C=O) groups excluding carboxylic acids is 2. The minimum absolute atomic E-state index is 0.0374. The number of urea groups is 1. The standard InChI is InChI=1S/C16H24N4O2/c1-11-5-3-4-6-13(11)14(19-16(17)22)9-15(21)20-8-7-18-12(2)10-20/h3-6,12,14,18H,7-10H2,1-2H3,(H3,17,19,22)/t12-,14-/m1/s1. The summed E-state index contributed by atoms with van der Waals surface area (Å²) in [6, 6.07) is 6.99. The zero-order chi connectivity index (χ0) is 16.1. The molecule has 0 radical (unpaired) electrons. The quantitative estimate of drug-likeness (QED) is 0.773. The summed E-state index contributed by atoms with van der Waals surface area (Å²) in [5, 5.41) is 6.00. The SMILES string of the molecule is Cc1ccccc1[C@@H](CC(=O)N1CCN[C@H](C)C1)NC(N)=O. The van der Waals surface area contributed by atoms with Crippen LogP contribution in [0.2, 0.25) is 0 Å². The third-order valence-corrected chi connectivity index (χ3v) is 3.98. The molecule has 0 saturated carbocycles. The van der Waals surface area contributed by atoms with Gasteiger partial charge in [0, 0.05) is 25.7 Å². The van der Waals surface area contributed by atoms with Crippen LogP contribution in [0.4, 0.5) is 4.79 Å². The first kappa shape index (κ1) is 16.3. The largest absolute Gasteiger partial charge is 0.352 e. The molecule has 1 heterocycles. The maximum Gasteiger partial charge on any atom is 0.312 e. The van der Waals surface area contributed by atoms with Crippen molar-refractivity contribution in [2.75, 3.05) is 19.6 Å². The maximum absolute atomic E-state index is 12.5. The summed E-state index contributed by atoms with van der Waals surface area (Å²) in [7, 11) is 0. The highest BCUT2D eigenvalue weighted by molar-refractivity contribution is 5.79. The smallest absolute Gasteiger partial charge is 0.312 e. The van der Waals surface area contributed by atoms with Gasteiger partial charge in [0.2, 0.25) is 5.91 Å². The van der Waals surface area contributed by atoms with Crippen molar-refractivity contribution in [1.82, 2.24) is 15.5 Å². The van der Waals surface area contributed by atoms with Crippen LogP contribution in [-0.4, -0.2) is 42.5 Å². The van der Waals surface area contributed by atoms with Crippen molar-refractivity contribution in [3.05, 3.63) is 35.4 Å². The number of nitrogens with zero attached hydrogens (tertiary/aromatic N) is 1. The van der Waals surface area contributed by atoms with Gasteiger partial charge < -0.3 is 21.3 Å². The molecule has 6 nitrogen and oxygen atoms in total. The second-order valence-corrected chi connectivity index (χ2v) is 5.82. The second-order valence-electron chi connectivity index (χ2n) is 5.82. The Morgan fingerprint density at radius 2 is 2.18 bits per heavy atom. The molecule has 3 amide bonds. The Balaban J connectivity index is 2.11. The number of primary amides is 1. The number of benzene rings is 1. The average molecular weight is 304 g/mol. The number of piperazine rings is 1. The van der Waals surface area contributed by atoms with Crippen LogP contribution in [0.15, 0.2) is 24.3 Å². The zero-order valence-electron chi connectivity index (χ0n) is 13.1. The average Bonchev–Trinajstić information content (AvgIpc) is 2.46. The zero-order valence-corrected chi connectivity index (χ0v) is 13.1. The molecule has 120 valence electrons. The third-order valence-electron chi connectivity index (χ3n) is 3.98. The van der Waals surface area contributed by atoms with E-state index in [1.165, 1.54) is 0 Å². The van der Waals surface area contributed by atoms with Crippen molar-refractivity contribution in [1.29, 1.82) is 0 Å². The highest BCUT2D eigenvalue weighted by Crippen LogP contribution is 2.21. The Hall–Kier alpha value is -2.08. The number of rotatable bonds is 4. The summed E-state index contributed by atoms with van der Waals surface area (Å²) in [6.07, 6.45) is 0.223. The second kappa shape index (κ2) is 7.26. The van der Waals surface area contributed by atoms with Gasteiger partial charge in [-0.2, -0.15) is 0 Å². The van der Waals surface area contributed by atoms with E-state index in [1.54, 1.807) is 0 Å². The predicted molar refractivity (Wildman–Crippen MR) is 85.3 cm³/mol. The van der Waals surface area contributed by atoms with E-state index in [0.717, 1.165) is 17.7 Å². The Morgan fingerprint density at radius 1 is 1.45 bits per heavy atom. The van der Waals surface area contributed by atoms with Gasteiger partial charge in [0.05, 0.1) is 12.5 Å². The van der Waals surface area contributed by atoms with Crippen molar-refractivity contribution in [3.63, 3.8) is 0 Å². The van der Waals surface area contributed by atoms with E-state index in [2.05, 4.69) is 17.6 Å². The van der Waals surface area contributed by atoms with Crippen LogP contribution in [0.1, 0.15) is 30.5 Å². The van der Waals surface area contributed by atoms with Gasteiger partial charge in [-0.3, -0.25) is 4.79 Å². The molecule has 0 bridgehead atoms. The van der Waals surface area contributed by atoms with E-state index in [0.29, 0.717) is 19.1 Å². The number of hydrogen-bond acceptors (Lipinski definition) is 3. The highest BCUT2D eigenvalue weighted by Gasteiger charge is 2.25. The van der Waals surface area contributed by atoms with E-state index >= 15 is 0 Å². The summed E-state index contributed by atoms with van der Waals surface area (Å²) in [5.74, 6) is 0.0374. The Bertz CT molecular complexity index is 547. The summed E-state index contributed by atoms with van der Waals surface area (Å²) in [5.41, 5.74) is 7.23. The number of nitrogens with one attached hydrogen (secondary N) is 2. The lowest BCUT2D eigenvalue weighted by Gasteiger charge is -2.33. The van der Waals surface area contributed by atoms with Crippen molar-refractivity contribution in [2.45, 2.75) is 32.4 Å². The molecule has 1 aliphatic heterocycles. The van der Waals surface area contributed by atoms with Crippen LogP contribution < -0.4 is 16.4 Å². The van der Waals surface area contributed by atoms with Crippen molar-refractivity contribution < 1.29 is 9.59 Å². The molecular formula is C16H24N4O2. The molecule has 2 atom stereocenters. The van der Waals surface area contributed by atoms with Gasteiger partial charge in [-0.25, -0.2) is 4.79 Å². The third kappa shape index (κ3) is 4.21. The monoisotopic (exact) mass is 304 g/mol. The lowest BCUT2D eigenvalue weighted by molar-refractivity contribution is -0.132. The Morgan fingerprint density at radius 3 is 2.82 bits per heavy atom. The lowest BCUT2D eigenvalue weighted by Crippen LogP contribution is -2.52. The molecule has 4 N–H and O–H groups in total. The van der Waals surface area contributed by atoms with Crippen molar-refractivity contribution in [2.24, 2.45) is 5.73 Å². The highest BCUT2D eigenvalue weighted by atomic mass is 16.2. The molecule has 0 unspecified atom stereocenters. The molecule has 0 aliphatic carbocycles. The van der Waals surface area contributed by atoms with E-state index in [4.69, 9.17) is 5.73 Å². The minimum atomic E-state index is -0.616. The molecule has 1 aliphatic rings. The first-order valence-corrected chi connectivity index (χ1v) is 7.60. The van der Waals surface area contributed by atoms with Crippen LogP contribution in [-0.2, 0) is 4.79 Å². The van der Waals surface area contributed by atoms with Gasteiger partial charge in [-0.1, -0.05) is 24.3 Å². The van der Waals surface area contributed by atoms with Gasteiger partial charge in [-0.05, 0) is 25.0 Å².